The van der Waals surface area contributed by atoms with Gasteiger partial charge in [0.05, 0.1) is 25.1 Å². The normalized spacial score (nSPS) is 13.4. The maximum absolute atomic E-state index is 13.3. The number of rotatable bonds is 5. The number of aromatic nitrogens is 2. The fourth-order valence-corrected chi connectivity index (χ4v) is 4.30. The Morgan fingerprint density at radius 2 is 1.51 bits per heavy atom. The number of amides is 3. The van der Waals surface area contributed by atoms with Crippen molar-refractivity contribution in [3.63, 3.8) is 0 Å². The van der Waals surface area contributed by atoms with Gasteiger partial charge in [0.15, 0.2) is 0 Å². The molecule has 0 unspecified atom stereocenters. The van der Waals surface area contributed by atoms with Gasteiger partial charge >= 0.3 is 12.2 Å². The fraction of sp³-hybridized carbons (Fsp3) is 0.355. The number of hydrogen-bond acceptors (Lipinski definition) is 9. The van der Waals surface area contributed by atoms with E-state index >= 15 is 0 Å². The minimum Gasteiger partial charge on any atom is -0.497 e. The topological polar surface area (TPSA) is 124 Å². The molecule has 4 rings (SSSR count). The maximum Gasteiger partial charge on any atom is 0.427 e. The van der Waals surface area contributed by atoms with Crippen LogP contribution >= 0.6 is 11.6 Å². The molecule has 3 aromatic rings. The number of imide groups is 1. The van der Waals surface area contributed by atoms with Crippen LogP contribution in [-0.4, -0.2) is 58.6 Å². The molecule has 0 bridgehead atoms. The highest BCUT2D eigenvalue weighted by molar-refractivity contribution is 6.32. The van der Waals surface area contributed by atoms with Crippen LogP contribution in [-0.2, 0) is 20.8 Å². The van der Waals surface area contributed by atoms with Gasteiger partial charge in [0.1, 0.15) is 23.5 Å². The van der Waals surface area contributed by atoms with Crippen LogP contribution in [0, 0.1) is 0 Å². The molecule has 1 aliphatic rings. The summed E-state index contributed by atoms with van der Waals surface area (Å²) in [7, 11) is 1.59. The second-order valence-corrected chi connectivity index (χ2v) is 12.2. The van der Waals surface area contributed by atoms with Gasteiger partial charge in [0.2, 0.25) is 11.9 Å². The van der Waals surface area contributed by atoms with Crippen molar-refractivity contribution in [3.8, 4) is 5.75 Å². The third-order valence-electron chi connectivity index (χ3n) is 5.94. The summed E-state index contributed by atoms with van der Waals surface area (Å²) in [5, 5.41) is 0.448. The number of benzene rings is 2. The van der Waals surface area contributed by atoms with Gasteiger partial charge in [-0.3, -0.25) is 9.79 Å². The summed E-state index contributed by atoms with van der Waals surface area (Å²) in [6, 6.07) is 12.6. The highest BCUT2D eigenvalue weighted by Crippen LogP contribution is 2.31. The lowest BCUT2D eigenvalue weighted by Crippen LogP contribution is -2.44. The summed E-state index contributed by atoms with van der Waals surface area (Å²) in [6.45, 7) is 10.2. The van der Waals surface area contributed by atoms with Crippen LogP contribution in [0.1, 0.15) is 58.2 Å². The van der Waals surface area contributed by atoms with Gasteiger partial charge in [-0.2, -0.15) is 0 Å². The summed E-state index contributed by atoms with van der Waals surface area (Å²) in [5.41, 5.74) is 1.19. The molecule has 0 saturated heterocycles. The minimum absolute atomic E-state index is 0.137. The van der Waals surface area contributed by atoms with E-state index in [1.807, 2.05) is 24.3 Å². The first-order chi connectivity index (χ1) is 20.1. The Labute approximate surface area is 255 Å². The molecular weight excluding hydrogens is 574 g/mol. The number of benzodiazepines with no additional fused rings is 1. The third-order valence-corrected chi connectivity index (χ3v) is 6.18. The smallest absolute Gasteiger partial charge is 0.427 e. The molecule has 226 valence electrons. The Hall–Kier alpha value is -4.51. The van der Waals surface area contributed by atoms with E-state index in [1.165, 1.54) is 12.4 Å². The quantitative estimate of drug-likeness (QED) is 0.336. The van der Waals surface area contributed by atoms with Crippen LogP contribution in [0.25, 0.3) is 0 Å². The third kappa shape index (κ3) is 7.86. The van der Waals surface area contributed by atoms with Crippen molar-refractivity contribution in [2.45, 2.75) is 59.3 Å². The Balaban J connectivity index is 1.70. The molecule has 0 radical (unpaired) electrons. The molecule has 2 aromatic carbocycles. The first-order valence-electron chi connectivity index (χ1n) is 13.5. The van der Waals surface area contributed by atoms with Crippen LogP contribution in [0.3, 0.4) is 0 Å². The maximum atomic E-state index is 13.3. The monoisotopic (exact) mass is 607 g/mol. The highest BCUT2D eigenvalue weighted by atomic mass is 35.5. The highest BCUT2D eigenvalue weighted by Gasteiger charge is 2.35. The summed E-state index contributed by atoms with van der Waals surface area (Å²) in [4.78, 5) is 54.8. The van der Waals surface area contributed by atoms with Crippen LogP contribution in [0.15, 0.2) is 59.9 Å². The summed E-state index contributed by atoms with van der Waals surface area (Å²) >= 11 is 6.39. The zero-order valence-corrected chi connectivity index (χ0v) is 25.9. The molecule has 1 aromatic heterocycles. The molecule has 0 atom stereocenters. The van der Waals surface area contributed by atoms with E-state index < -0.39 is 23.4 Å². The average molecular weight is 608 g/mol. The number of nitrogens with zero attached hydrogens (tertiary/aromatic N) is 5. The van der Waals surface area contributed by atoms with E-state index in [4.69, 9.17) is 25.8 Å². The molecular formula is C31H34ClN5O6. The van der Waals surface area contributed by atoms with Gasteiger partial charge in [0, 0.05) is 28.5 Å². The van der Waals surface area contributed by atoms with Crippen molar-refractivity contribution >= 4 is 47.0 Å². The van der Waals surface area contributed by atoms with Gasteiger partial charge in [-0.25, -0.2) is 19.6 Å². The summed E-state index contributed by atoms with van der Waals surface area (Å²) in [6.07, 6.45) is 0.852. The van der Waals surface area contributed by atoms with Crippen LogP contribution < -0.4 is 14.5 Å². The molecule has 0 spiro atoms. The zero-order valence-electron chi connectivity index (χ0n) is 25.2. The lowest BCUT2D eigenvalue weighted by Gasteiger charge is -2.27. The number of anilines is 2. The second-order valence-electron chi connectivity index (χ2n) is 11.7. The number of ether oxygens (including phenoxy) is 3. The van der Waals surface area contributed by atoms with Gasteiger partial charge in [-0.1, -0.05) is 23.7 Å². The molecule has 0 aliphatic carbocycles. The van der Waals surface area contributed by atoms with Crippen molar-refractivity contribution in [1.29, 1.82) is 0 Å². The van der Waals surface area contributed by atoms with Crippen molar-refractivity contribution in [2.75, 3.05) is 23.5 Å². The van der Waals surface area contributed by atoms with Crippen molar-refractivity contribution in [2.24, 2.45) is 4.99 Å². The Morgan fingerprint density at radius 3 is 2.05 bits per heavy atom. The van der Waals surface area contributed by atoms with Crippen molar-refractivity contribution < 1.29 is 28.6 Å². The summed E-state index contributed by atoms with van der Waals surface area (Å²) in [5.74, 6) is 0.252. The van der Waals surface area contributed by atoms with Crippen LogP contribution in [0.5, 0.6) is 5.75 Å². The van der Waals surface area contributed by atoms with Crippen molar-refractivity contribution in [3.05, 3.63) is 76.6 Å². The van der Waals surface area contributed by atoms with Crippen molar-refractivity contribution in [1.82, 2.24) is 9.97 Å². The fourth-order valence-electron chi connectivity index (χ4n) is 4.13. The molecule has 0 saturated carbocycles. The van der Waals surface area contributed by atoms with E-state index in [1.54, 1.807) is 71.8 Å². The van der Waals surface area contributed by atoms with E-state index in [9.17, 15) is 14.4 Å². The van der Waals surface area contributed by atoms with Gasteiger partial charge in [-0.05, 0) is 77.4 Å². The number of aliphatic imine (C=N–C) groups is 1. The van der Waals surface area contributed by atoms with Crippen LogP contribution in [0.4, 0.5) is 21.2 Å². The van der Waals surface area contributed by atoms with Gasteiger partial charge < -0.3 is 19.1 Å². The predicted octanol–water partition coefficient (Wildman–Crippen LogP) is 6.20. The molecule has 3 amide bonds. The predicted molar refractivity (Wildman–Crippen MR) is 163 cm³/mol. The number of methoxy groups -OCH3 is 1. The first kappa shape index (κ1) is 31.4. The Morgan fingerprint density at radius 1 is 0.930 bits per heavy atom. The first-order valence-corrected chi connectivity index (χ1v) is 13.9. The Kier molecular flexibility index (Phi) is 9.05. The molecule has 1 aliphatic heterocycles. The number of halogens is 1. The molecule has 43 heavy (non-hydrogen) atoms. The van der Waals surface area contributed by atoms with Gasteiger partial charge in [0.25, 0.3) is 0 Å². The zero-order chi connectivity index (χ0) is 31.5. The van der Waals surface area contributed by atoms with Crippen LogP contribution in [0.2, 0.25) is 5.02 Å². The molecule has 0 N–H and O–H groups in total. The average Bonchev–Trinajstić information content (AvgIpc) is 3.03. The second kappa shape index (κ2) is 12.4. The Bertz CT molecular complexity index is 1510. The molecule has 2 heterocycles. The molecule has 11 nitrogen and oxygen atoms in total. The largest absolute Gasteiger partial charge is 0.497 e. The minimum atomic E-state index is -0.988. The van der Waals surface area contributed by atoms with Gasteiger partial charge in [-0.15, -0.1) is 4.90 Å². The van der Waals surface area contributed by atoms with E-state index in [0.717, 1.165) is 5.56 Å². The standard InChI is InChI=1S/C31H34ClN5O6/c1-30(2,3)42-28(39)37(29(40)43-31(4,5)6)27-34-15-20(16-35-27)26-23-14-21(32)10-13-24(23)36(25(38)17-33-26)18-19-8-11-22(41-7)12-9-19/h8-16H,17-18H2,1-7H3. The van der Waals surface area contributed by atoms with E-state index in [2.05, 4.69) is 15.0 Å². The lowest BCUT2D eigenvalue weighted by molar-refractivity contribution is -0.117. The number of fused-ring (bicyclic) bond motifs is 1. The van der Waals surface area contributed by atoms with E-state index in [0.29, 0.717) is 44.7 Å². The lowest BCUT2D eigenvalue weighted by atomic mass is 10.0. The molecule has 12 heteroatoms. The number of hydrogen-bond donors (Lipinski definition) is 0. The number of carbonyl (C=O) groups excluding carboxylic acids is 3. The van der Waals surface area contributed by atoms with E-state index in [-0.39, 0.29) is 18.4 Å². The SMILES string of the molecule is COc1ccc(CN2C(=O)CN=C(c3cnc(N(C(=O)OC(C)(C)C)C(=O)OC(C)(C)C)nc3)c3cc(Cl)ccc32)cc1. The molecule has 0 fully saturated rings. The number of carbonyl (C=O) groups is 3. The summed E-state index contributed by atoms with van der Waals surface area (Å²) < 4.78 is 16.1.